The molecule has 4 aromatic rings. The molecule has 0 aliphatic carbocycles. The van der Waals surface area contributed by atoms with E-state index in [-0.39, 0.29) is 12.0 Å². The summed E-state index contributed by atoms with van der Waals surface area (Å²) in [4.78, 5) is 21.1. The molecule has 0 spiro atoms. The van der Waals surface area contributed by atoms with Gasteiger partial charge in [-0.05, 0) is 41.3 Å². The Kier molecular flexibility index (Phi) is 4.61. The molecule has 0 saturated carbocycles. The zero-order valence-electron chi connectivity index (χ0n) is 16.4. The molecule has 1 aliphatic heterocycles. The van der Waals surface area contributed by atoms with Crippen LogP contribution in [0.1, 0.15) is 10.4 Å². The molecule has 30 heavy (non-hydrogen) atoms. The Balaban J connectivity index is 1.54. The number of carbonyl (C=O) groups excluding carboxylic acids is 1. The van der Waals surface area contributed by atoms with E-state index in [9.17, 15) is 4.79 Å². The van der Waals surface area contributed by atoms with E-state index in [1.165, 1.54) is 0 Å². The van der Waals surface area contributed by atoms with Gasteiger partial charge in [0.25, 0.3) is 5.91 Å². The number of hydrogen-bond donors (Lipinski definition) is 2. The summed E-state index contributed by atoms with van der Waals surface area (Å²) in [5.41, 5.74) is 2.57. The topological polar surface area (TPSA) is 94.0 Å². The molecule has 1 amide bonds. The molecule has 4 heterocycles. The number of amides is 1. The van der Waals surface area contributed by atoms with Gasteiger partial charge in [0.2, 0.25) is 5.88 Å². The Hall–Kier alpha value is -3.78. The van der Waals surface area contributed by atoms with Crippen molar-refractivity contribution in [1.82, 2.24) is 25.1 Å². The van der Waals surface area contributed by atoms with Crippen LogP contribution in [0.2, 0.25) is 0 Å². The first-order valence-electron chi connectivity index (χ1n) is 9.68. The van der Waals surface area contributed by atoms with E-state index in [2.05, 4.69) is 31.8 Å². The molecule has 0 radical (unpaired) electrons. The van der Waals surface area contributed by atoms with Crippen molar-refractivity contribution in [1.29, 1.82) is 0 Å². The fraction of sp³-hybridized carbons (Fsp3) is 0.182. The van der Waals surface area contributed by atoms with Gasteiger partial charge in [-0.3, -0.25) is 14.5 Å². The quantitative estimate of drug-likeness (QED) is 0.535. The maximum atomic E-state index is 12.6. The Morgan fingerprint density at radius 3 is 2.70 bits per heavy atom. The van der Waals surface area contributed by atoms with Crippen LogP contribution in [-0.2, 0) is 7.05 Å². The first-order chi connectivity index (χ1) is 14.7. The van der Waals surface area contributed by atoms with E-state index in [1.807, 2.05) is 37.6 Å². The van der Waals surface area contributed by atoms with Gasteiger partial charge in [-0.15, -0.1) is 0 Å². The number of aryl methyl sites for hydroxylation is 1. The second-order valence-electron chi connectivity index (χ2n) is 7.24. The van der Waals surface area contributed by atoms with E-state index in [1.54, 1.807) is 29.2 Å². The number of aromatic nitrogens is 4. The maximum Gasteiger partial charge on any atom is 0.256 e. The molecule has 1 saturated heterocycles. The van der Waals surface area contributed by atoms with Gasteiger partial charge in [-0.25, -0.2) is 0 Å². The largest absolute Gasteiger partial charge is 0.471 e. The molecular formula is C22H20N6O2. The number of benzene rings is 1. The number of nitrogens with one attached hydrogen (secondary N) is 2. The zero-order valence-corrected chi connectivity index (χ0v) is 16.4. The van der Waals surface area contributed by atoms with Gasteiger partial charge in [0.15, 0.2) is 0 Å². The molecule has 0 atom stereocenters. The van der Waals surface area contributed by atoms with E-state index >= 15 is 0 Å². The number of anilines is 1. The molecule has 1 aliphatic rings. The highest BCUT2D eigenvalue weighted by Crippen LogP contribution is 2.32. The Morgan fingerprint density at radius 2 is 2.00 bits per heavy atom. The van der Waals surface area contributed by atoms with E-state index < -0.39 is 0 Å². The van der Waals surface area contributed by atoms with Crippen LogP contribution in [-0.4, -0.2) is 44.8 Å². The van der Waals surface area contributed by atoms with Crippen molar-refractivity contribution < 1.29 is 9.53 Å². The Bertz CT molecular complexity index is 1220. The molecule has 5 rings (SSSR count). The average Bonchev–Trinajstić information content (AvgIpc) is 3.17. The number of pyridine rings is 2. The number of fused-ring (bicyclic) bond motifs is 1. The van der Waals surface area contributed by atoms with Crippen molar-refractivity contribution in [2.24, 2.45) is 7.05 Å². The predicted octanol–water partition coefficient (Wildman–Crippen LogP) is 2.63. The predicted molar refractivity (Wildman–Crippen MR) is 113 cm³/mol. The lowest BCUT2D eigenvalue weighted by Crippen LogP contribution is -2.50. The molecule has 1 fully saturated rings. The van der Waals surface area contributed by atoms with Crippen molar-refractivity contribution in [3.63, 3.8) is 0 Å². The van der Waals surface area contributed by atoms with Gasteiger partial charge in [0.1, 0.15) is 11.9 Å². The van der Waals surface area contributed by atoms with Crippen LogP contribution in [0.3, 0.4) is 0 Å². The fourth-order valence-electron chi connectivity index (χ4n) is 3.32. The Morgan fingerprint density at radius 1 is 1.17 bits per heavy atom. The third-order valence-electron chi connectivity index (χ3n) is 5.04. The summed E-state index contributed by atoms with van der Waals surface area (Å²) in [6.45, 7) is 1.56. The molecule has 150 valence electrons. The monoisotopic (exact) mass is 400 g/mol. The molecular weight excluding hydrogens is 380 g/mol. The van der Waals surface area contributed by atoms with Gasteiger partial charge >= 0.3 is 0 Å². The number of nitrogens with zero attached hydrogens (tertiary/aromatic N) is 4. The van der Waals surface area contributed by atoms with Crippen molar-refractivity contribution in [2.45, 2.75) is 6.10 Å². The molecule has 0 unspecified atom stereocenters. The molecule has 8 nitrogen and oxygen atoms in total. The minimum Gasteiger partial charge on any atom is -0.471 e. The lowest BCUT2D eigenvalue weighted by atomic mass is 10.0. The number of carbonyl (C=O) groups is 1. The average molecular weight is 400 g/mol. The van der Waals surface area contributed by atoms with Crippen molar-refractivity contribution in [3.8, 4) is 17.0 Å². The summed E-state index contributed by atoms with van der Waals surface area (Å²) in [6.07, 6.45) is 7.03. The van der Waals surface area contributed by atoms with Gasteiger partial charge < -0.3 is 15.4 Å². The highest BCUT2D eigenvalue weighted by molar-refractivity contribution is 6.05. The first kappa shape index (κ1) is 18.3. The highest BCUT2D eigenvalue weighted by atomic mass is 16.5. The third kappa shape index (κ3) is 3.60. The minimum absolute atomic E-state index is 0.0739. The van der Waals surface area contributed by atoms with Crippen LogP contribution in [0, 0.1) is 0 Å². The molecule has 0 bridgehead atoms. The minimum atomic E-state index is -0.246. The fourth-order valence-corrected chi connectivity index (χ4v) is 3.32. The van der Waals surface area contributed by atoms with Gasteiger partial charge in [0.05, 0.1) is 6.20 Å². The van der Waals surface area contributed by atoms with Gasteiger partial charge in [0, 0.05) is 55.2 Å². The van der Waals surface area contributed by atoms with Crippen molar-refractivity contribution in [2.75, 3.05) is 18.4 Å². The lowest BCUT2D eigenvalue weighted by molar-refractivity contribution is 0.102. The number of ether oxygens (including phenoxy) is 1. The standard InChI is InChI=1S/C22H20N6O2/c1-28-13-17(10-25-28)15-2-3-19-16(8-15)9-20(27-22(19)30-18-11-24-12-18)26-21(29)14-4-6-23-7-5-14/h2-10,13,18,24H,11-12H2,1H3,(H,26,27,29). The van der Waals surface area contributed by atoms with Crippen LogP contribution in [0.15, 0.2) is 61.2 Å². The normalized spacial score (nSPS) is 13.8. The summed E-state index contributed by atoms with van der Waals surface area (Å²) < 4.78 is 7.86. The smallest absolute Gasteiger partial charge is 0.256 e. The first-order valence-corrected chi connectivity index (χ1v) is 9.68. The van der Waals surface area contributed by atoms with Crippen LogP contribution in [0.5, 0.6) is 5.88 Å². The summed E-state index contributed by atoms with van der Waals surface area (Å²) in [5.74, 6) is 0.709. The van der Waals surface area contributed by atoms with Crippen molar-refractivity contribution in [3.05, 3.63) is 66.7 Å². The van der Waals surface area contributed by atoms with Crippen LogP contribution >= 0.6 is 0 Å². The van der Waals surface area contributed by atoms with Crippen LogP contribution in [0.25, 0.3) is 21.9 Å². The van der Waals surface area contributed by atoms with Crippen molar-refractivity contribution >= 4 is 22.5 Å². The number of rotatable bonds is 5. The van der Waals surface area contributed by atoms with Gasteiger partial charge in [-0.1, -0.05) is 6.07 Å². The second-order valence-corrected chi connectivity index (χ2v) is 7.24. The third-order valence-corrected chi connectivity index (χ3v) is 5.04. The second kappa shape index (κ2) is 7.57. The number of hydrogen-bond acceptors (Lipinski definition) is 6. The van der Waals surface area contributed by atoms with Gasteiger partial charge in [-0.2, -0.15) is 10.1 Å². The molecule has 3 aromatic heterocycles. The van der Waals surface area contributed by atoms with Crippen LogP contribution in [0.4, 0.5) is 5.82 Å². The summed E-state index contributed by atoms with van der Waals surface area (Å²) in [7, 11) is 1.89. The zero-order chi connectivity index (χ0) is 20.5. The molecule has 8 heteroatoms. The highest BCUT2D eigenvalue weighted by Gasteiger charge is 2.21. The SMILES string of the molecule is Cn1cc(-c2ccc3c(OC4CNC4)nc(NC(=O)c4ccncc4)cc3c2)cn1. The molecule has 1 aromatic carbocycles. The molecule has 2 N–H and O–H groups in total. The Labute approximate surface area is 172 Å². The van der Waals surface area contributed by atoms with E-state index in [0.717, 1.165) is 35.0 Å². The summed E-state index contributed by atoms with van der Waals surface area (Å²) in [6, 6.07) is 11.3. The van der Waals surface area contributed by atoms with E-state index in [0.29, 0.717) is 17.3 Å². The van der Waals surface area contributed by atoms with E-state index in [4.69, 9.17) is 4.74 Å². The lowest BCUT2D eigenvalue weighted by Gasteiger charge is -2.28. The summed E-state index contributed by atoms with van der Waals surface area (Å²) in [5, 5.41) is 12.1. The maximum absolute atomic E-state index is 12.6. The summed E-state index contributed by atoms with van der Waals surface area (Å²) >= 11 is 0. The van der Waals surface area contributed by atoms with Crippen LogP contribution < -0.4 is 15.4 Å².